The van der Waals surface area contributed by atoms with E-state index < -0.39 is 17.3 Å². The van der Waals surface area contributed by atoms with Crippen molar-refractivity contribution in [2.24, 2.45) is 0 Å². The first-order valence-corrected chi connectivity index (χ1v) is 5.97. The average Bonchev–Trinajstić information content (AvgIpc) is 2.69. The van der Waals surface area contributed by atoms with Gasteiger partial charge in [0.05, 0.1) is 6.04 Å². The molecule has 16 heavy (non-hydrogen) atoms. The second kappa shape index (κ2) is 5.81. The molecule has 1 heterocycles. The Labute approximate surface area is 102 Å². The summed E-state index contributed by atoms with van der Waals surface area (Å²) >= 11 is 6.94. The van der Waals surface area contributed by atoms with Gasteiger partial charge in [-0.3, -0.25) is 10.1 Å². The fourth-order valence-electron chi connectivity index (χ4n) is 0.954. The van der Waals surface area contributed by atoms with Crippen LogP contribution in [0.2, 0.25) is 0 Å². The van der Waals surface area contributed by atoms with Crippen molar-refractivity contribution >= 4 is 34.9 Å². The van der Waals surface area contributed by atoms with Crippen molar-refractivity contribution in [3.8, 4) is 0 Å². The summed E-state index contributed by atoms with van der Waals surface area (Å²) in [5.74, 6) is -0.523. The molecule has 0 saturated carbocycles. The van der Waals surface area contributed by atoms with Crippen LogP contribution in [0.5, 0.6) is 0 Å². The maximum Gasteiger partial charge on any atom is 0.322 e. The maximum absolute atomic E-state index is 11.3. The summed E-state index contributed by atoms with van der Waals surface area (Å²) in [6.07, 6.45) is 1.65. The molecule has 0 saturated heterocycles. The molecule has 0 aromatic carbocycles. The Hall–Kier alpha value is -1.14. The van der Waals surface area contributed by atoms with Crippen LogP contribution in [0.25, 0.3) is 0 Å². The second-order valence-corrected chi connectivity index (χ2v) is 4.75. The molecule has 0 aliphatic carbocycles. The van der Waals surface area contributed by atoms with Gasteiger partial charge in [-0.25, -0.2) is 9.78 Å². The number of rotatable bonds is 3. The van der Waals surface area contributed by atoms with Gasteiger partial charge in [-0.15, -0.1) is 22.9 Å². The summed E-state index contributed by atoms with van der Waals surface area (Å²) in [5.41, 5.74) is 0. The molecule has 7 heteroatoms. The largest absolute Gasteiger partial charge is 0.329 e. The topological polar surface area (TPSA) is 71.1 Å². The van der Waals surface area contributed by atoms with Crippen molar-refractivity contribution in [1.29, 1.82) is 0 Å². The van der Waals surface area contributed by atoms with Crippen LogP contribution < -0.4 is 10.6 Å². The molecule has 1 aromatic heterocycles. The number of aromatic nitrogens is 1. The van der Waals surface area contributed by atoms with Gasteiger partial charge in [0.1, 0.15) is 10.4 Å². The molecule has 0 aliphatic rings. The molecular formula is C9H12ClN3O2S. The van der Waals surface area contributed by atoms with Crippen LogP contribution in [0, 0.1) is 0 Å². The Morgan fingerprint density at radius 3 is 2.69 bits per heavy atom. The number of alkyl halides is 1. The molecule has 2 atom stereocenters. The number of amides is 3. The lowest BCUT2D eigenvalue weighted by molar-refractivity contribution is -0.119. The van der Waals surface area contributed by atoms with E-state index in [9.17, 15) is 9.59 Å². The summed E-state index contributed by atoms with van der Waals surface area (Å²) in [6, 6.07) is -0.807. The lowest BCUT2D eigenvalue weighted by Gasteiger charge is -2.12. The Bertz CT molecular complexity index is 367. The van der Waals surface area contributed by atoms with Gasteiger partial charge < -0.3 is 5.32 Å². The van der Waals surface area contributed by atoms with Crippen LogP contribution in [0.15, 0.2) is 11.6 Å². The molecule has 5 nitrogen and oxygen atoms in total. The van der Waals surface area contributed by atoms with Crippen molar-refractivity contribution in [3.05, 3.63) is 16.6 Å². The smallest absolute Gasteiger partial charge is 0.322 e. The Balaban J connectivity index is 2.43. The summed E-state index contributed by atoms with van der Waals surface area (Å²) in [7, 11) is 0. The van der Waals surface area contributed by atoms with Crippen molar-refractivity contribution < 1.29 is 9.59 Å². The van der Waals surface area contributed by atoms with E-state index in [2.05, 4.69) is 15.6 Å². The van der Waals surface area contributed by atoms with E-state index in [-0.39, 0.29) is 6.04 Å². The zero-order chi connectivity index (χ0) is 12.1. The highest BCUT2D eigenvalue weighted by atomic mass is 35.5. The van der Waals surface area contributed by atoms with Gasteiger partial charge in [0.2, 0.25) is 5.91 Å². The first-order valence-electron chi connectivity index (χ1n) is 4.65. The lowest BCUT2D eigenvalue weighted by Crippen LogP contribution is -2.43. The number of thiazole rings is 1. The number of hydrogen-bond acceptors (Lipinski definition) is 4. The number of urea groups is 1. The van der Waals surface area contributed by atoms with Gasteiger partial charge in [0.15, 0.2) is 0 Å². The third-order valence-electron chi connectivity index (χ3n) is 1.77. The number of nitrogens with zero attached hydrogens (tertiary/aromatic N) is 1. The first-order chi connectivity index (χ1) is 7.50. The highest BCUT2D eigenvalue weighted by molar-refractivity contribution is 7.09. The summed E-state index contributed by atoms with van der Waals surface area (Å²) in [6.45, 7) is 3.28. The van der Waals surface area contributed by atoms with E-state index in [4.69, 9.17) is 11.6 Å². The minimum absolute atomic E-state index is 0.238. The van der Waals surface area contributed by atoms with Crippen molar-refractivity contribution in [2.45, 2.75) is 25.3 Å². The quantitative estimate of drug-likeness (QED) is 0.813. The standard InChI is InChI=1S/C9H12ClN3O2S/c1-5(10)7(14)13-9(15)12-6(2)8-11-3-4-16-8/h3-6H,1-2H3,(H2,12,13,14,15). The normalized spacial score (nSPS) is 13.9. The molecular weight excluding hydrogens is 250 g/mol. The number of hydrogen-bond donors (Lipinski definition) is 2. The predicted molar refractivity (Wildman–Crippen MR) is 62.5 cm³/mol. The zero-order valence-electron chi connectivity index (χ0n) is 8.86. The first kappa shape index (κ1) is 12.9. The number of carbonyl (C=O) groups excluding carboxylic acids is 2. The molecule has 1 rings (SSSR count). The molecule has 88 valence electrons. The Morgan fingerprint density at radius 2 is 2.19 bits per heavy atom. The van der Waals surface area contributed by atoms with E-state index in [1.54, 1.807) is 13.1 Å². The van der Waals surface area contributed by atoms with Crippen LogP contribution in [0.3, 0.4) is 0 Å². The van der Waals surface area contributed by atoms with Gasteiger partial charge in [-0.2, -0.15) is 0 Å². The van der Waals surface area contributed by atoms with E-state index in [1.165, 1.54) is 18.3 Å². The van der Waals surface area contributed by atoms with Crippen LogP contribution in [0.4, 0.5) is 4.79 Å². The van der Waals surface area contributed by atoms with Crippen LogP contribution >= 0.6 is 22.9 Å². The van der Waals surface area contributed by atoms with E-state index in [0.717, 1.165) is 5.01 Å². The van der Waals surface area contributed by atoms with Crippen molar-refractivity contribution in [3.63, 3.8) is 0 Å². The molecule has 1 aromatic rings. The summed E-state index contributed by atoms with van der Waals surface area (Å²) < 4.78 is 0. The molecule has 0 spiro atoms. The van der Waals surface area contributed by atoms with Crippen LogP contribution in [-0.2, 0) is 4.79 Å². The Kier molecular flexibility index (Phi) is 4.70. The third-order valence-corrected chi connectivity index (χ3v) is 2.92. The highest BCUT2D eigenvalue weighted by Gasteiger charge is 2.16. The van der Waals surface area contributed by atoms with Crippen LogP contribution in [-0.4, -0.2) is 22.3 Å². The third kappa shape index (κ3) is 3.79. The monoisotopic (exact) mass is 261 g/mol. The maximum atomic E-state index is 11.3. The minimum atomic E-state index is -0.735. The second-order valence-electron chi connectivity index (χ2n) is 3.17. The van der Waals surface area contributed by atoms with Gasteiger partial charge in [-0.05, 0) is 13.8 Å². The molecule has 3 amide bonds. The van der Waals surface area contributed by atoms with E-state index in [0.29, 0.717) is 0 Å². The molecule has 0 radical (unpaired) electrons. The fraction of sp³-hybridized carbons (Fsp3) is 0.444. The van der Waals surface area contributed by atoms with Crippen molar-refractivity contribution in [2.75, 3.05) is 0 Å². The van der Waals surface area contributed by atoms with E-state index in [1.807, 2.05) is 5.38 Å². The number of carbonyl (C=O) groups is 2. The van der Waals surface area contributed by atoms with Gasteiger partial charge >= 0.3 is 6.03 Å². The summed E-state index contributed by atoms with van der Waals surface area (Å²) in [4.78, 5) is 26.5. The predicted octanol–water partition coefficient (Wildman–Crippen LogP) is 1.66. The molecule has 0 bridgehead atoms. The lowest BCUT2D eigenvalue weighted by atomic mass is 10.3. The Morgan fingerprint density at radius 1 is 1.50 bits per heavy atom. The van der Waals surface area contributed by atoms with Crippen LogP contribution in [0.1, 0.15) is 24.9 Å². The zero-order valence-corrected chi connectivity index (χ0v) is 10.4. The average molecular weight is 262 g/mol. The highest BCUT2D eigenvalue weighted by Crippen LogP contribution is 2.14. The summed E-state index contributed by atoms with van der Waals surface area (Å²) in [5, 5.41) is 6.58. The van der Waals surface area contributed by atoms with E-state index >= 15 is 0 Å². The number of halogens is 1. The van der Waals surface area contributed by atoms with Gasteiger partial charge in [0, 0.05) is 11.6 Å². The molecule has 0 aliphatic heterocycles. The SMILES string of the molecule is CC(Cl)C(=O)NC(=O)NC(C)c1nccs1. The minimum Gasteiger partial charge on any atom is -0.329 e. The molecule has 0 fully saturated rings. The molecule has 2 unspecified atom stereocenters. The van der Waals surface area contributed by atoms with Gasteiger partial charge in [-0.1, -0.05) is 0 Å². The number of nitrogens with one attached hydrogen (secondary N) is 2. The number of imide groups is 1. The fourth-order valence-corrected chi connectivity index (χ4v) is 1.65. The van der Waals surface area contributed by atoms with Crippen molar-refractivity contribution in [1.82, 2.24) is 15.6 Å². The molecule has 2 N–H and O–H groups in total. The van der Waals surface area contributed by atoms with Gasteiger partial charge in [0.25, 0.3) is 0 Å².